The van der Waals surface area contributed by atoms with Gasteiger partial charge in [0.2, 0.25) is 0 Å². The number of nitrogens with zero attached hydrogens (tertiary/aromatic N) is 2. The van der Waals surface area contributed by atoms with Crippen LogP contribution in [-0.4, -0.2) is 40.8 Å². The van der Waals surface area contributed by atoms with E-state index in [2.05, 4.69) is 31.9 Å². The molecule has 2 unspecified atom stereocenters. The van der Waals surface area contributed by atoms with Crippen molar-refractivity contribution in [1.29, 1.82) is 0 Å². The van der Waals surface area contributed by atoms with Crippen molar-refractivity contribution in [3.63, 3.8) is 0 Å². The van der Waals surface area contributed by atoms with E-state index in [0.717, 1.165) is 26.1 Å². The Kier molecular flexibility index (Phi) is 8.60. The van der Waals surface area contributed by atoms with Crippen LogP contribution < -0.4 is 0 Å². The molecule has 0 aromatic heterocycles. The van der Waals surface area contributed by atoms with E-state index in [-0.39, 0.29) is 6.10 Å². The van der Waals surface area contributed by atoms with Crippen LogP contribution in [0.25, 0.3) is 0 Å². The molecule has 0 saturated carbocycles. The second-order valence-electron chi connectivity index (χ2n) is 4.62. The Morgan fingerprint density at radius 2 is 1.59 bits per heavy atom. The molecule has 0 aliphatic heterocycles. The molecule has 0 aliphatic rings. The standard InChI is InChI=1S/C14H28N2O/c1-6-13(5)10-15(8-3)12-16(9-4)11-14(17)7-2/h8-9,13-14,17H,3-4,6-7,10-12H2,1-2,5H3. The lowest BCUT2D eigenvalue weighted by Crippen LogP contribution is -2.37. The van der Waals surface area contributed by atoms with E-state index in [4.69, 9.17) is 0 Å². The number of hydrogen-bond donors (Lipinski definition) is 1. The van der Waals surface area contributed by atoms with Gasteiger partial charge in [0, 0.05) is 13.1 Å². The molecular weight excluding hydrogens is 212 g/mol. The van der Waals surface area contributed by atoms with Gasteiger partial charge in [0.15, 0.2) is 0 Å². The van der Waals surface area contributed by atoms with Crippen LogP contribution in [0.3, 0.4) is 0 Å². The summed E-state index contributed by atoms with van der Waals surface area (Å²) >= 11 is 0. The fourth-order valence-corrected chi connectivity index (χ4v) is 1.54. The fourth-order valence-electron chi connectivity index (χ4n) is 1.54. The lowest BCUT2D eigenvalue weighted by molar-refractivity contribution is 0.106. The molecule has 17 heavy (non-hydrogen) atoms. The number of aliphatic hydroxyl groups excluding tert-OH is 1. The van der Waals surface area contributed by atoms with Crippen molar-refractivity contribution in [2.45, 2.75) is 39.7 Å². The molecule has 3 nitrogen and oxygen atoms in total. The Morgan fingerprint density at radius 3 is 2.00 bits per heavy atom. The van der Waals surface area contributed by atoms with Gasteiger partial charge in [0.05, 0.1) is 12.8 Å². The average molecular weight is 240 g/mol. The van der Waals surface area contributed by atoms with E-state index in [1.54, 1.807) is 6.20 Å². The molecule has 1 N–H and O–H groups in total. The first-order valence-electron chi connectivity index (χ1n) is 6.48. The Hall–Kier alpha value is -0.960. The lowest BCUT2D eigenvalue weighted by atomic mass is 10.1. The van der Waals surface area contributed by atoms with Crippen LogP contribution in [0.5, 0.6) is 0 Å². The third-order valence-electron chi connectivity index (χ3n) is 3.04. The Morgan fingerprint density at radius 1 is 1.06 bits per heavy atom. The maximum absolute atomic E-state index is 9.64. The van der Waals surface area contributed by atoms with E-state index in [1.807, 2.05) is 18.0 Å². The summed E-state index contributed by atoms with van der Waals surface area (Å²) in [6.45, 7) is 16.4. The van der Waals surface area contributed by atoms with Crippen molar-refractivity contribution in [2.75, 3.05) is 19.8 Å². The first kappa shape index (κ1) is 16.0. The van der Waals surface area contributed by atoms with Crippen LogP contribution >= 0.6 is 0 Å². The molecule has 0 aromatic rings. The zero-order valence-corrected chi connectivity index (χ0v) is 11.6. The second-order valence-corrected chi connectivity index (χ2v) is 4.62. The minimum absolute atomic E-state index is 0.289. The molecule has 0 fully saturated rings. The maximum Gasteiger partial charge on any atom is 0.0893 e. The largest absolute Gasteiger partial charge is 0.391 e. The van der Waals surface area contributed by atoms with E-state index >= 15 is 0 Å². The summed E-state index contributed by atoms with van der Waals surface area (Å²) in [5, 5.41) is 9.64. The summed E-state index contributed by atoms with van der Waals surface area (Å²) in [4.78, 5) is 4.19. The summed E-state index contributed by atoms with van der Waals surface area (Å²) in [6.07, 6.45) is 5.29. The second kappa shape index (κ2) is 9.11. The fraction of sp³-hybridized carbons (Fsp3) is 0.714. The smallest absolute Gasteiger partial charge is 0.0893 e. The van der Waals surface area contributed by atoms with Crippen LogP contribution in [0.1, 0.15) is 33.6 Å². The van der Waals surface area contributed by atoms with E-state index < -0.39 is 0 Å². The van der Waals surface area contributed by atoms with Gasteiger partial charge in [-0.05, 0) is 24.7 Å². The molecule has 0 aliphatic carbocycles. The summed E-state index contributed by atoms with van der Waals surface area (Å²) in [6, 6.07) is 0. The molecule has 0 bridgehead atoms. The van der Waals surface area contributed by atoms with Crippen LogP contribution in [-0.2, 0) is 0 Å². The van der Waals surface area contributed by atoms with Gasteiger partial charge in [0.25, 0.3) is 0 Å². The van der Waals surface area contributed by atoms with Gasteiger partial charge in [-0.2, -0.15) is 0 Å². The van der Waals surface area contributed by atoms with Crippen molar-refractivity contribution in [3.05, 3.63) is 25.6 Å². The van der Waals surface area contributed by atoms with Gasteiger partial charge in [0.1, 0.15) is 0 Å². The van der Waals surface area contributed by atoms with Crippen LogP contribution in [0.15, 0.2) is 25.6 Å². The highest BCUT2D eigenvalue weighted by atomic mass is 16.3. The van der Waals surface area contributed by atoms with E-state index in [0.29, 0.717) is 12.5 Å². The van der Waals surface area contributed by atoms with Crippen LogP contribution in [0.2, 0.25) is 0 Å². The summed E-state index contributed by atoms with van der Waals surface area (Å²) in [7, 11) is 0. The van der Waals surface area contributed by atoms with Crippen molar-refractivity contribution in [2.24, 2.45) is 5.92 Å². The minimum Gasteiger partial charge on any atom is -0.391 e. The van der Waals surface area contributed by atoms with Crippen LogP contribution in [0, 0.1) is 5.92 Å². The number of aliphatic hydroxyl groups is 1. The van der Waals surface area contributed by atoms with E-state index in [9.17, 15) is 5.11 Å². The quantitative estimate of drug-likeness (QED) is 0.595. The van der Waals surface area contributed by atoms with Gasteiger partial charge in [-0.25, -0.2) is 0 Å². The lowest BCUT2D eigenvalue weighted by Gasteiger charge is -2.31. The minimum atomic E-state index is -0.289. The highest BCUT2D eigenvalue weighted by molar-refractivity contribution is 4.79. The highest BCUT2D eigenvalue weighted by Gasteiger charge is 2.10. The molecule has 2 atom stereocenters. The topological polar surface area (TPSA) is 26.7 Å². The van der Waals surface area contributed by atoms with E-state index in [1.165, 1.54) is 0 Å². The Labute approximate surface area is 106 Å². The van der Waals surface area contributed by atoms with Crippen molar-refractivity contribution in [3.8, 4) is 0 Å². The summed E-state index contributed by atoms with van der Waals surface area (Å²) in [5.74, 6) is 0.649. The molecule has 0 aromatic carbocycles. The monoisotopic (exact) mass is 240 g/mol. The molecule has 0 radical (unpaired) electrons. The van der Waals surface area contributed by atoms with Crippen molar-refractivity contribution in [1.82, 2.24) is 9.80 Å². The molecular formula is C14H28N2O. The number of rotatable bonds is 10. The molecule has 100 valence electrons. The van der Waals surface area contributed by atoms with Gasteiger partial charge >= 0.3 is 0 Å². The van der Waals surface area contributed by atoms with Gasteiger partial charge < -0.3 is 14.9 Å². The average Bonchev–Trinajstić information content (AvgIpc) is 2.36. The predicted octanol–water partition coefficient (Wildman–Crippen LogP) is 2.65. The molecule has 0 saturated heterocycles. The number of hydrogen-bond acceptors (Lipinski definition) is 3. The SMILES string of the molecule is C=CN(CC(C)CC)CN(C=C)CC(O)CC. The van der Waals surface area contributed by atoms with Gasteiger partial charge in [-0.15, -0.1) is 0 Å². The maximum atomic E-state index is 9.64. The first-order valence-corrected chi connectivity index (χ1v) is 6.48. The first-order chi connectivity index (χ1) is 8.07. The molecule has 3 heteroatoms. The summed E-state index contributed by atoms with van der Waals surface area (Å²) in [5.41, 5.74) is 0. The third kappa shape index (κ3) is 7.05. The Bertz CT molecular complexity index is 196. The zero-order valence-electron chi connectivity index (χ0n) is 11.6. The van der Waals surface area contributed by atoms with Gasteiger partial charge in [-0.3, -0.25) is 0 Å². The molecule has 0 spiro atoms. The van der Waals surface area contributed by atoms with Crippen molar-refractivity contribution < 1.29 is 5.11 Å². The molecule has 0 rings (SSSR count). The zero-order chi connectivity index (χ0) is 13.3. The van der Waals surface area contributed by atoms with Crippen molar-refractivity contribution >= 4 is 0 Å². The van der Waals surface area contributed by atoms with Crippen LogP contribution in [0.4, 0.5) is 0 Å². The highest BCUT2D eigenvalue weighted by Crippen LogP contribution is 2.06. The Balaban J connectivity index is 4.21. The normalized spacial score (nSPS) is 13.9. The van der Waals surface area contributed by atoms with Gasteiger partial charge in [-0.1, -0.05) is 40.3 Å². The summed E-state index contributed by atoms with van der Waals surface area (Å²) < 4.78 is 0. The molecule has 0 amide bonds. The third-order valence-corrected chi connectivity index (χ3v) is 3.04. The predicted molar refractivity (Wildman–Crippen MR) is 74.4 cm³/mol. The molecule has 0 heterocycles.